The van der Waals surface area contributed by atoms with Crippen LogP contribution in [0.5, 0.6) is 0 Å². The Morgan fingerprint density at radius 2 is 1.80 bits per heavy atom. The molecule has 6 nitrogen and oxygen atoms in total. The number of benzene rings is 1. The van der Waals surface area contributed by atoms with Gasteiger partial charge in [-0.2, -0.15) is 0 Å². The van der Waals surface area contributed by atoms with E-state index < -0.39 is 30.2 Å². The lowest BCUT2D eigenvalue weighted by molar-refractivity contribution is -0.184. The van der Waals surface area contributed by atoms with Crippen LogP contribution < -0.4 is 0 Å². The van der Waals surface area contributed by atoms with Crippen LogP contribution in [0.2, 0.25) is 0 Å². The van der Waals surface area contributed by atoms with Crippen LogP contribution in [0.4, 0.5) is 0 Å². The number of piperidine rings is 1. The maximum atomic E-state index is 13.0. The first-order valence-corrected chi connectivity index (χ1v) is 8.83. The molecular weight excluding hydrogens is 322 g/mol. The van der Waals surface area contributed by atoms with Crippen LogP contribution in [0, 0.1) is 11.8 Å². The molecule has 0 saturated carbocycles. The van der Waals surface area contributed by atoms with E-state index in [2.05, 4.69) is 0 Å². The van der Waals surface area contributed by atoms with Crippen molar-refractivity contribution in [1.29, 1.82) is 0 Å². The molecule has 2 saturated heterocycles. The molecular formula is C19H25NO5. The zero-order valence-corrected chi connectivity index (χ0v) is 14.5. The summed E-state index contributed by atoms with van der Waals surface area (Å²) in [7, 11) is 1.88. The zero-order valence-electron chi connectivity index (χ0n) is 14.5. The van der Waals surface area contributed by atoms with Gasteiger partial charge < -0.3 is 14.9 Å². The smallest absolute Gasteiger partial charge is 0.315 e. The molecule has 2 aliphatic heterocycles. The summed E-state index contributed by atoms with van der Waals surface area (Å²) in [6.07, 6.45) is -0.546. The first kappa shape index (κ1) is 18.0. The summed E-state index contributed by atoms with van der Waals surface area (Å²) in [4.78, 5) is 27.6. The van der Waals surface area contributed by atoms with Crippen molar-refractivity contribution in [2.75, 3.05) is 7.05 Å². The van der Waals surface area contributed by atoms with Crippen LogP contribution in [0.1, 0.15) is 36.5 Å². The number of ketones is 1. The van der Waals surface area contributed by atoms with Gasteiger partial charge in [0.2, 0.25) is 0 Å². The highest BCUT2D eigenvalue weighted by molar-refractivity contribution is 5.99. The van der Waals surface area contributed by atoms with Gasteiger partial charge in [-0.05, 0) is 19.9 Å². The maximum Gasteiger partial charge on any atom is 0.315 e. The highest BCUT2D eigenvalue weighted by Crippen LogP contribution is 2.43. The minimum atomic E-state index is -1.19. The van der Waals surface area contributed by atoms with E-state index in [1.165, 1.54) is 0 Å². The maximum absolute atomic E-state index is 13.0. The average Bonchev–Trinajstić information content (AvgIpc) is 2.88. The van der Waals surface area contributed by atoms with E-state index in [9.17, 15) is 19.8 Å². The quantitative estimate of drug-likeness (QED) is 0.473. The Morgan fingerprint density at radius 1 is 1.20 bits per heavy atom. The number of aliphatic hydroxyl groups excluding tert-OH is 2. The molecule has 2 unspecified atom stereocenters. The Balaban J connectivity index is 1.89. The molecule has 0 amide bonds. The van der Waals surface area contributed by atoms with Crippen molar-refractivity contribution in [1.82, 2.24) is 4.90 Å². The van der Waals surface area contributed by atoms with Gasteiger partial charge >= 0.3 is 5.97 Å². The number of esters is 1. The Bertz CT molecular complexity index is 634. The monoisotopic (exact) mass is 347 g/mol. The van der Waals surface area contributed by atoms with Crippen molar-refractivity contribution in [3.05, 3.63) is 35.9 Å². The average molecular weight is 347 g/mol. The second kappa shape index (κ2) is 7.23. The summed E-state index contributed by atoms with van der Waals surface area (Å²) >= 11 is 0. The van der Waals surface area contributed by atoms with Gasteiger partial charge in [-0.15, -0.1) is 0 Å². The molecule has 2 heterocycles. The van der Waals surface area contributed by atoms with E-state index in [-0.39, 0.29) is 24.3 Å². The topological polar surface area (TPSA) is 87.1 Å². The minimum Gasteiger partial charge on any atom is -0.436 e. The lowest BCUT2D eigenvalue weighted by Crippen LogP contribution is -2.59. The number of hydrogen-bond donors (Lipinski definition) is 2. The third-order valence-corrected chi connectivity index (χ3v) is 5.60. The molecule has 2 fully saturated rings. The van der Waals surface area contributed by atoms with Crippen LogP contribution in [0.15, 0.2) is 30.3 Å². The lowest BCUT2D eigenvalue weighted by Gasteiger charge is -2.44. The van der Waals surface area contributed by atoms with Crippen LogP contribution in [-0.2, 0) is 9.53 Å². The number of carbonyl (C=O) groups is 2. The van der Waals surface area contributed by atoms with Gasteiger partial charge in [0.1, 0.15) is 0 Å². The molecule has 0 aromatic heterocycles. The fraction of sp³-hybridized carbons (Fsp3) is 0.579. The Hall–Kier alpha value is -1.76. The predicted octanol–water partition coefficient (Wildman–Crippen LogP) is 1.21. The first-order valence-electron chi connectivity index (χ1n) is 8.83. The van der Waals surface area contributed by atoms with E-state index in [1.807, 2.05) is 18.0 Å². The number of fused-ring (bicyclic) bond motifs is 2. The summed E-state index contributed by atoms with van der Waals surface area (Å²) in [5.74, 6) is -2.30. The van der Waals surface area contributed by atoms with E-state index in [0.29, 0.717) is 5.56 Å². The van der Waals surface area contributed by atoms with Gasteiger partial charge in [-0.1, -0.05) is 37.3 Å². The zero-order chi connectivity index (χ0) is 18.1. The largest absolute Gasteiger partial charge is 0.436 e. The minimum absolute atomic E-state index is 0.0899. The molecule has 2 aliphatic rings. The van der Waals surface area contributed by atoms with Crippen LogP contribution in [0.25, 0.3) is 0 Å². The highest BCUT2D eigenvalue weighted by Gasteiger charge is 2.56. The summed E-state index contributed by atoms with van der Waals surface area (Å²) in [6, 6.07) is 8.59. The van der Waals surface area contributed by atoms with Crippen molar-refractivity contribution >= 4 is 11.8 Å². The predicted molar refractivity (Wildman–Crippen MR) is 90.7 cm³/mol. The molecule has 0 aliphatic carbocycles. The molecule has 3 rings (SSSR count). The van der Waals surface area contributed by atoms with Crippen molar-refractivity contribution in [2.45, 2.75) is 50.7 Å². The SMILES string of the molecule is CCC(O)OC(=O)[C@@H]1[C@H]2CC[C@@H](C(C(=O)c3ccccc3)[C@@H]1O)N2C. The van der Waals surface area contributed by atoms with Crippen molar-refractivity contribution < 1.29 is 24.5 Å². The third kappa shape index (κ3) is 3.21. The van der Waals surface area contributed by atoms with Gasteiger partial charge in [0, 0.05) is 24.1 Å². The number of carbonyl (C=O) groups excluding carboxylic acids is 2. The molecule has 2 N–H and O–H groups in total. The number of hydrogen-bond acceptors (Lipinski definition) is 6. The van der Waals surface area contributed by atoms with Crippen molar-refractivity contribution in [3.8, 4) is 0 Å². The van der Waals surface area contributed by atoms with Gasteiger partial charge in [-0.3, -0.25) is 14.5 Å². The standard InChI is InChI=1S/C19H25NO5/c1-3-14(21)25-19(24)16-13-10-9-12(20(13)2)15(18(16)23)17(22)11-7-5-4-6-8-11/h4-8,12-16,18,21,23H,3,9-10H2,1-2H3/t12-,13+,14?,15?,16+,18-/m0/s1. The molecule has 25 heavy (non-hydrogen) atoms. The van der Waals surface area contributed by atoms with E-state index in [4.69, 9.17) is 4.74 Å². The van der Waals surface area contributed by atoms with Gasteiger partial charge in [0.15, 0.2) is 12.1 Å². The fourth-order valence-corrected chi connectivity index (χ4v) is 4.26. The number of nitrogens with zero attached hydrogens (tertiary/aromatic N) is 1. The molecule has 0 radical (unpaired) electrons. The molecule has 0 spiro atoms. The van der Waals surface area contributed by atoms with Crippen LogP contribution >= 0.6 is 0 Å². The molecule has 136 valence electrons. The normalized spacial score (nSPS) is 33.0. The molecule has 6 heteroatoms. The number of aliphatic hydroxyl groups is 2. The van der Waals surface area contributed by atoms with Crippen molar-refractivity contribution in [2.24, 2.45) is 11.8 Å². The molecule has 1 aromatic rings. The van der Waals surface area contributed by atoms with Gasteiger partial charge in [0.25, 0.3) is 0 Å². The Labute approximate surface area is 147 Å². The Morgan fingerprint density at radius 3 is 2.40 bits per heavy atom. The summed E-state index contributed by atoms with van der Waals surface area (Å²) in [5, 5.41) is 20.5. The summed E-state index contributed by atoms with van der Waals surface area (Å²) < 4.78 is 5.06. The third-order valence-electron chi connectivity index (χ3n) is 5.60. The van der Waals surface area contributed by atoms with Crippen molar-refractivity contribution in [3.63, 3.8) is 0 Å². The summed E-state index contributed by atoms with van der Waals surface area (Å²) in [6.45, 7) is 1.70. The molecule has 2 bridgehead atoms. The second-order valence-corrected chi connectivity index (χ2v) is 6.95. The second-order valence-electron chi connectivity index (χ2n) is 6.95. The van der Waals surface area contributed by atoms with Crippen LogP contribution in [0.3, 0.4) is 0 Å². The number of rotatable bonds is 5. The lowest BCUT2D eigenvalue weighted by atomic mass is 9.76. The van der Waals surface area contributed by atoms with Gasteiger partial charge in [-0.25, -0.2) is 0 Å². The highest BCUT2D eigenvalue weighted by atomic mass is 16.6. The Kier molecular flexibility index (Phi) is 5.22. The van der Waals surface area contributed by atoms with Crippen LogP contribution in [-0.4, -0.2) is 58.4 Å². The first-order chi connectivity index (χ1) is 12.0. The van der Waals surface area contributed by atoms with E-state index >= 15 is 0 Å². The summed E-state index contributed by atoms with van der Waals surface area (Å²) in [5.41, 5.74) is 0.533. The van der Waals surface area contributed by atoms with Gasteiger partial charge in [0.05, 0.1) is 17.9 Å². The number of Topliss-reactive ketones (excluding diaryl/α,β-unsaturated/α-hetero) is 1. The molecule has 6 atom stereocenters. The van der Waals surface area contributed by atoms with E-state index in [1.54, 1.807) is 31.2 Å². The fourth-order valence-electron chi connectivity index (χ4n) is 4.26. The van der Waals surface area contributed by atoms with E-state index in [0.717, 1.165) is 12.8 Å². The molecule has 1 aromatic carbocycles. The number of ether oxygens (including phenoxy) is 1.